The van der Waals surface area contributed by atoms with E-state index in [1.807, 2.05) is 0 Å². The first kappa shape index (κ1) is 8.00. The van der Waals surface area contributed by atoms with E-state index in [0.717, 1.165) is 12.0 Å². The standard InChI is InChI=1S/C6H10I2N2/c7-9-3-5-1-2-10(8)6(5)4-9/h5-6H,1-4H2. The van der Waals surface area contributed by atoms with Gasteiger partial charge < -0.3 is 0 Å². The fourth-order valence-corrected chi connectivity index (χ4v) is 3.68. The Kier molecular flexibility index (Phi) is 2.42. The van der Waals surface area contributed by atoms with Gasteiger partial charge >= 0.3 is 0 Å². The van der Waals surface area contributed by atoms with Crippen molar-refractivity contribution in [3.63, 3.8) is 0 Å². The zero-order valence-electron chi connectivity index (χ0n) is 5.63. The van der Waals surface area contributed by atoms with Gasteiger partial charge in [0.2, 0.25) is 0 Å². The van der Waals surface area contributed by atoms with Crippen molar-refractivity contribution < 1.29 is 0 Å². The third-order valence-electron chi connectivity index (χ3n) is 2.44. The minimum atomic E-state index is 0.859. The molecular formula is C6H10I2N2. The van der Waals surface area contributed by atoms with E-state index in [2.05, 4.69) is 52.0 Å². The summed E-state index contributed by atoms with van der Waals surface area (Å²) < 4.78 is 4.89. The maximum absolute atomic E-state index is 2.47. The van der Waals surface area contributed by atoms with E-state index in [1.54, 1.807) is 0 Å². The summed E-state index contributed by atoms with van der Waals surface area (Å²) in [6.07, 6.45) is 1.41. The monoisotopic (exact) mass is 364 g/mol. The summed E-state index contributed by atoms with van der Waals surface area (Å²) in [7, 11) is 0. The molecule has 10 heavy (non-hydrogen) atoms. The highest BCUT2D eigenvalue weighted by Gasteiger charge is 2.39. The zero-order chi connectivity index (χ0) is 7.14. The van der Waals surface area contributed by atoms with Crippen molar-refractivity contribution in [2.75, 3.05) is 19.6 Å². The molecule has 0 bridgehead atoms. The SMILES string of the molecule is IN1CC2CCN(I)C2C1. The largest absolute Gasteiger partial charge is 0.246 e. The van der Waals surface area contributed by atoms with E-state index in [4.69, 9.17) is 0 Å². The average molecular weight is 364 g/mol. The highest BCUT2D eigenvalue weighted by Crippen LogP contribution is 2.34. The Labute approximate surface area is 89.3 Å². The van der Waals surface area contributed by atoms with Gasteiger partial charge in [-0.15, -0.1) is 0 Å². The third kappa shape index (κ3) is 1.32. The van der Waals surface area contributed by atoms with Crippen LogP contribution in [0.4, 0.5) is 0 Å². The molecule has 2 fully saturated rings. The summed E-state index contributed by atoms with van der Waals surface area (Å²) >= 11 is 4.90. The lowest BCUT2D eigenvalue weighted by Crippen LogP contribution is -2.25. The predicted octanol–water partition coefficient (Wildman–Crippen LogP) is 1.69. The lowest BCUT2D eigenvalue weighted by Gasteiger charge is -2.14. The molecule has 2 unspecified atom stereocenters. The number of hydrogen-bond acceptors (Lipinski definition) is 2. The van der Waals surface area contributed by atoms with Crippen LogP contribution in [-0.2, 0) is 0 Å². The molecule has 0 saturated carbocycles. The Hall–Kier alpha value is 1.38. The Balaban J connectivity index is 2.05. The van der Waals surface area contributed by atoms with Crippen molar-refractivity contribution >= 4 is 45.7 Å². The molecule has 0 aliphatic carbocycles. The highest BCUT2D eigenvalue weighted by molar-refractivity contribution is 14.1. The van der Waals surface area contributed by atoms with E-state index >= 15 is 0 Å². The van der Waals surface area contributed by atoms with Crippen LogP contribution in [0, 0.1) is 5.92 Å². The molecule has 58 valence electrons. The molecule has 2 aliphatic rings. The van der Waals surface area contributed by atoms with Gasteiger partial charge in [0.05, 0.1) is 0 Å². The van der Waals surface area contributed by atoms with Crippen molar-refractivity contribution in [3.05, 3.63) is 0 Å². The molecule has 0 N–H and O–H groups in total. The maximum atomic E-state index is 2.47. The molecule has 4 heteroatoms. The van der Waals surface area contributed by atoms with Crippen LogP contribution in [0.2, 0.25) is 0 Å². The van der Waals surface area contributed by atoms with Gasteiger partial charge in [-0.3, -0.25) is 0 Å². The van der Waals surface area contributed by atoms with Crippen LogP contribution in [0.1, 0.15) is 6.42 Å². The second-order valence-corrected chi connectivity index (χ2v) is 5.67. The van der Waals surface area contributed by atoms with Crippen LogP contribution < -0.4 is 0 Å². The van der Waals surface area contributed by atoms with Crippen LogP contribution in [0.3, 0.4) is 0 Å². The molecule has 0 aromatic rings. The number of rotatable bonds is 0. The van der Waals surface area contributed by atoms with E-state index < -0.39 is 0 Å². The summed E-state index contributed by atoms with van der Waals surface area (Å²) in [6.45, 7) is 3.89. The highest BCUT2D eigenvalue weighted by atomic mass is 127. The molecule has 2 rings (SSSR count). The molecule has 2 saturated heterocycles. The van der Waals surface area contributed by atoms with Gasteiger partial charge in [-0.25, -0.2) is 6.23 Å². The number of nitrogens with zero attached hydrogens (tertiary/aromatic N) is 2. The first-order chi connectivity index (χ1) is 4.77. The van der Waals surface area contributed by atoms with Crippen molar-refractivity contribution in [1.29, 1.82) is 0 Å². The number of halogens is 2. The number of hydrogen-bond donors (Lipinski definition) is 0. The molecule has 2 nitrogen and oxygen atoms in total. The molecule has 0 spiro atoms. The maximum Gasteiger partial charge on any atom is 0.0370 e. The fraction of sp³-hybridized carbons (Fsp3) is 1.00. The van der Waals surface area contributed by atoms with Gasteiger partial charge in [-0.05, 0) is 12.3 Å². The molecule has 2 atom stereocenters. The van der Waals surface area contributed by atoms with E-state index in [9.17, 15) is 0 Å². The molecule has 2 aliphatic heterocycles. The smallest absolute Gasteiger partial charge is 0.0370 e. The van der Waals surface area contributed by atoms with Crippen molar-refractivity contribution in [2.24, 2.45) is 5.92 Å². The van der Waals surface area contributed by atoms with Crippen molar-refractivity contribution in [1.82, 2.24) is 6.23 Å². The Morgan fingerprint density at radius 2 is 2.00 bits per heavy atom. The molecule has 0 aromatic carbocycles. The summed E-state index contributed by atoms with van der Waals surface area (Å²) in [5, 5.41) is 0. The van der Waals surface area contributed by atoms with E-state index in [1.165, 1.54) is 26.1 Å². The molecule has 0 radical (unpaired) electrons. The second kappa shape index (κ2) is 3.02. The topological polar surface area (TPSA) is 6.48 Å². The molecule has 0 amide bonds. The van der Waals surface area contributed by atoms with Crippen LogP contribution in [-0.4, -0.2) is 31.9 Å². The van der Waals surface area contributed by atoms with Crippen molar-refractivity contribution in [3.8, 4) is 0 Å². The van der Waals surface area contributed by atoms with E-state index in [0.29, 0.717) is 0 Å². The van der Waals surface area contributed by atoms with Gasteiger partial charge in [0, 0.05) is 71.4 Å². The Morgan fingerprint density at radius 1 is 1.20 bits per heavy atom. The summed E-state index contributed by atoms with van der Waals surface area (Å²) in [5.74, 6) is 0.966. The summed E-state index contributed by atoms with van der Waals surface area (Å²) in [5.41, 5.74) is 0. The van der Waals surface area contributed by atoms with Crippen LogP contribution in [0.25, 0.3) is 0 Å². The summed E-state index contributed by atoms with van der Waals surface area (Å²) in [4.78, 5) is 0. The van der Waals surface area contributed by atoms with Crippen molar-refractivity contribution in [2.45, 2.75) is 12.5 Å². The van der Waals surface area contributed by atoms with Gasteiger partial charge in [-0.1, -0.05) is 0 Å². The Bertz CT molecular complexity index is 142. The first-order valence-corrected chi connectivity index (χ1v) is 5.53. The Morgan fingerprint density at radius 3 is 2.70 bits per heavy atom. The average Bonchev–Trinajstić information content (AvgIpc) is 2.35. The fourth-order valence-electron chi connectivity index (χ4n) is 1.86. The third-order valence-corrected chi connectivity index (χ3v) is 4.42. The lowest BCUT2D eigenvalue weighted by molar-refractivity contribution is 0.449. The molecular weight excluding hydrogens is 354 g/mol. The lowest BCUT2D eigenvalue weighted by atomic mass is 10.1. The second-order valence-electron chi connectivity index (χ2n) is 3.07. The van der Waals surface area contributed by atoms with Crippen LogP contribution >= 0.6 is 45.7 Å². The zero-order valence-corrected chi connectivity index (χ0v) is 9.95. The van der Waals surface area contributed by atoms with E-state index in [-0.39, 0.29) is 0 Å². The summed E-state index contributed by atoms with van der Waals surface area (Å²) in [6, 6.07) is 0.859. The molecule has 2 heterocycles. The van der Waals surface area contributed by atoms with Gasteiger partial charge in [0.15, 0.2) is 0 Å². The minimum Gasteiger partial charge on any atom is -0.246 e. The quantitative estimate of drug-likeness (QED) is 0.477. The van der Waals surface area contributed by atoms with Crippen LogP contribution in [0.5, 0.6) is 0 Å². The minimum absolute atomic E-state index is 0.859. The predicted molar refractivity (Wildman–Crippen MR) is 58.2 cm³/mol. The van der Waals surface area contributed by atoms with Crippen LogP contribution in [0.15, 0.2) is 0 Å². The number of fused-ring (bicyclic) bond motifs is 1. The van der Waals surface area contributed by atoms with Gasteiger partial charge in [0.1, 0.15) is 0 Å². The normalized spacial score (nSPS) is 42.6. The molecule has 0 aromatic heterocycles. The first-order valence-electron chi connectivity index (χ1n) is 3.60. The van der Waals surface area contributed by atoms with Gasteiger partial charge in [0.25, 0.3) is 0 Å². The van der Waals surface area contributed by atoms with Gasteiger partial charge in [-0.2, -0.15) is 0 Å².